The summed E-state index contributed by atoms with van der Waals surface area (Å²) in [5.41, 5.74) is 6.02. The van der Waals surface area contributed by atoms with E-state index in [0.29, 0.717) is 0 Å². The van der Waals surface area contributed by atoms with E-state index in [1.165, 1.54) is 0 Å². The van der Waals surface area contributed by atoms with E-state index < -0.39 is 14.5 Å². The average molecular weight is 451 g/mol. The summed E-state index contributed by atoms with van der Waals surface area (Å²) in [6, 6.07) is 0. The summed E-state index contributed by atoms with van der Waals surface area (Å²) in [5.74, 6) is 0. The van der Waals surface area contributed by atoms with Gasteiger partial charge >= 0.3 is 14.5 Å². The first-order chi connectivity index (χ1) is 7.68. The number of halogens is 10. The Morgan fingerprint density at radius 1 is 0.650 bits per heavy atom. The van der Waals surface area contributed by atoms with E-state index >= 15 is 0 Å². The molecular weight excluding hydrogens is 431 g/mol. The van der Waals surface area contributed by atoms with Gasteiger partial charge in [-0.05, 0) is 19.3 Å². The minimum Gasteiger partial charge on any atom is -0.418 e. The van der Waals surface area contributed by atoms with Gasteiger partial charge in [0.1, 0.15) is 0 Å². The van der Waals surface area contributed by atoms with Crippen molar-refractivity contribution < 1.29 is 34.5 Å². The van der Waals surface area contributed by atoms with Crippen LogP contribution in [-0.2, 0) is 0 Å². The van der Waals surface area contributed by atoms with Crippen LogP contribution in [0.5, 0.6) is 0 Å². The topological polar surface area (TPSA) is 26.0 Å². The molecule has 0 atom stereocenters. The van der Waals surface area contributed by atoms with E-state index in [4.69, 9.17) is 5.73 Å². The first-order valence-electron chi connectivity index (χ1n) is 5.22. The van der Waals surface area contributed by atoms with Crippen molar-refractivity contribution in [1.29, 1.82) is 0 Å². The Morgan fingerprint density at radius 3 is 0.750 bits per heavy atom. The van der Waals surface area contributed by atoms with Crippen LogP contribution in [0, 0.1) is 0 Å². The molecule has 0 amide bonds. The monoisotopic (exact) mass is 449 g/mol. The highest BCUT2D eigenvalue weighted by molar-refractivity contribution is 8.93. The lowest BCUT2D eigenvalue weighted by Crippen LogP contribution is -2.37. The van der Waals surface area contributed by atoms with Crippen molar-refractivity contribution in [1.82, 2.24) is 0 Å². The van der Waals surface area contributed by atoms with Crippen LogP contribution in [0.15, 0.2) is 0 Å². The van der Waals surface area contributed by atoms with Gasteiger partial charge in [-0.25, -0.2) is 0 Å². The molecule has 0 radical (unpaired) electrons. The quantitative estimate of drug-likeness (QED) is 0.435. The zero-order valence-corrected chi connectivity index (χ0v) is 14.6. The van der Waals surface area contributed by atoms with Crippen LogP contribution < -0.4 is 5.73 Å². The summed E-state index contributed by atoms with van der Waals surface area (Å²) < 4.78 is 78.0. The molecule has 0 aromatic heterocycles. The first-order valence-corrected chi connectivity index (χ1v) is 5.22. The fraction of sp³-hybridized carbons (Fsp3) is 1.00. The molecule has 20 heavy (non-hydrogen) atoms. The highest BCUT2D eigenvalue weighted by Gasteiger charge is 2.21. The van der Waals surface area contributed by atoms with Crippen LogP contribution in [0.2, 0.25) is 0 Å². The number of hydrogen-bond acceptors (Lipinski definition) is 1. The van der Waals surface area contributed by atoms with Gasteiger partial charge in [0, 0.05) is 5.54 Å². The second kappa shape index (κ2) is 14.4. The lowest BCUT2D eigenvalue weighted by molar-refractivity contribution is 0.366. The van der Waals surface area contributed by atoms with Crippen LogP contribution >= 0.6 is 34.0 Å². The van der Waals surface area contributed by atoms with Gasteiger partial charge in [-0.1, -0.05) is 20.8 Å². The summed E-state index contributed by atoms with van der Waals surface area (Å²) >= 11 is 0. The summed E-state index contributed by atoms with van der Waals surface area (Å²) in [4.78, 5) is 0. The van der Waals surface area contributed by atoms with Crippen LogP contribution in [0.3, 0.4) is 0 Å². The number of nitrogens with two attached hydrogens (primary N) is 1. The second-order valence-electron chi connectivity index (χ2n) is 3.41. The predicted molar refractivity (Wildman–Crippen MR) is 78.8 cm³/mol. The Morgan fingerprint density at radius 2 is 0.750 bits per heavy atom. The highest BCUT2D eigenvalue weighted by Crippen LogP contribution is 2.14. The smallest absolute Gasteiger partial charge is 0.418 e. The Balaban J connectivity index is -0.0000000558. The van der Waals surface area contributed by atoms with Gasteiger partial charge in [-0.3, -0.25) is 0 Å². The SMILES string of the molecule is Br.Br.CCC(N)(CC)CC.F[B-](F)(F)F.F[B-](F)(F)F. The van der Waals surface area contributed by atoms with E-state index in [-0.39, 0.29) is 39.5 Å². The maximum atomic E-state index is 9.75. The van der Waals surface area contributed by atoms with Crippen LogP contribution in [0.4, 0.5) is 34.5 Å². The molecule has 0 spiro atoms. The largest absolute Gasteiger partial charge is 0.673 e. The summed E-state index contributed by atoms with van der Waals surface area (Å²) in [6.45, 7) is 6.44. The van der Waals surface area contributed by atoms with Gasteiger partial charge < -0.3 is 40.3 Å². The van der Waals surface area contributed by atoms with Gasteiger partial charge in [-0.15, -0.1) is 34.0 Å². The molecule has 0 aromatic carbocycles. The maximum absolute atomic E-state index is 9.75. The van der Waals surface area contributed by atoms with Gasteiger partial charge in [0.05, 0.1) is 0 Å². The van der Waals surface area contributed by atoms with E-state index in [0.717, 1.165) is 19.3 Å². The average Bonchev–Trinajstić information content (AvgIpc) is 2.11. The molecule has 130 valence electrons. The van der Waals surface area contributed by atoms with Crippen molar-refractivity contribution in [2.24, 2.45) is 5.73 Å². The van der Waals surface area contributed by atoms with E-state index in [2.05, 4.69) is 20.8 Å². The van der Waals surface area contributed by atoms with Crippen molar-refractivity contribution in [3.8, 4) is 0 Å². The molecule has 0 aromatic rings. The molecule has 0 aliphatic rings. The Hall–Kier alpha value is 0.490. The summed E-state index contributed by atoms with van der Waals surface area (Å²) in [6.07, 6.45) is 3.29. The lowest BCUT2D eigenvalue weighted by Gasteiger charge is -2.23. The maximum Gasteiger partial charge on any atom is 0.673 e. The molecule has 0 bridgehead atoms. The number of hydrogen-bond donors (Lipinski definition) is 1. The van der Waals surface area contributed by atoms with Crippen LogP contribution in [-0.4, -0.2) is 20.0 Å². The molecule has 0 saturated heterocycles. The van der Waals surface area contributed by atoms with E-state index in [1.807, 2.05) is 0 Å². The molecule has 0 unspecified atom stereocenters. The standard InChI is InChI=1S/C7H17N.2BF4.2BrH/c1-4-7(8,5-2)6-3;2*2-1(3,4)5;;/h4-6,8H2,1-3H3;;;2*1H/q;2*-1;;. The van der Waals surface area contributed by atoms with Gasteiger partial charge in [0.15, 0.2) is 0 Å². The molecule has 0 rings (SSSR count). The third-order valence-corrected chi connectivity index (χ3v) is 2.11. The Bertz CT molecular complexity index is 166. The fourth-order valence-corrected chi connectivity index (χ4v) is 0.750. The molecule has 0 aliphatic carbocycles. The summed E-state index contributed by atoms with van der Waals surface area (Å²) in [7, 11) is -12.0. The molecule has 0 fully saturated rings. The molecule has 2 N–H and O–H groups in total. The van der Waals surface area contributed by atoms with E-state index in [1.54, 1.807) is 0 Å². The van der Waals surface area contributed by atoms with Crippen molar-refractivity contribution >= 4 is 48.5 Å². The van der Waals surface area contributed by atoms with Crippen molar-refractivity contribution in [2.45, 2.75) is 45.6 Å². The molecule has 0 aliphatic heterocycles. The normalized spacial score (nSPS) is 10.8. The molecule has 1 nitrogen and oxygen atoms in total. The van der Waals surface area contributed by atoms with Crippen LogP contribution in [0.1, 0.15) is 40.0 Å². The molecule has 0 saturated carbocycles. The van der Waals surface area contributed by atoms with Gasteiger partial charge in [-0.2, -0.15) is 0 Å². The Labute approximate surface area is 134 Å². The fourth-order valence-electron chi connectivity index (χ4n) is 0.750. The second-order valence-corrected chi connectivity index (χ2v) is 3.41. The molecule has 0 heterocycles. The minimum atomic E-state index is -6.00. The predicted octanol–water partition coefficient (Wildman–Crippen LogP) is 5.67. The third-order valence-electron chi connectivity index (χ3n) is 2.11. The van der Waals surface area contributed by atoms with Gasteiger partial charge in [0.25, 0.3) is 0 Å². The first kappa shape index (κ1) is 32.4. The zero-order chi connectivity index (χ0) is 15.6. The van der Waals surface area contributed by atoms with Gasteiger partial charge in [0.2, 0.25) is 0 Å². The third kappa shape index (κ3) is 62.8. The van der Waals surface area contributed by atoms with Crippen molar-refractivity contribution in [3.05, 3.63) is 0 Å². The highest BCUT2D eigenvalue weighted by atomic mass is 79.9. The van der Waals surface area contributed by atoms with Crippen molar-refractivity contribution in [2.75, 3.05) is 0 Å². The minimum absolute atomic E-state index is 0. The lowest BCUT2D eigenvalue weighted by atomic mass is 9.92. The summed E-state index contributed by atoms with van der Waals surface area (Å²) in [5, 5.41) is 0. The zero-order valence-electron chi connectivity index (χ0n) is 11.2. The van der Waals surface area contributed by atoms with Crippen molar-refractivity contribution in [3.63, 3.8) is 0 Å². The molecule has 13 heteroatoms. The Kier molecular flexibility index (Phi) is 23.4. The molecular formula is C7H19B2Br2F8N-2. The van der Waals surface area contributed by atoms with Crippen LogP contribution in [0.25, 0.3) is 0 Å². The van der Waals surface area contributed by atoms with E-state index in [9.17, 15) is 34.5 Å². The number of rotatable bonds is 3.